The largest absolute Gasteiger partial charge is 0.497 e. The molecule has 1 heterocycles. The van der Waals surface area contributed by atoms with Gasteiger partial charge in [-0.05, 0) is 49.9 Å². The summed E-state index contributed by atoms with van der Waals surface area (Å²) in [7, 11) is 3.19. The molecule has 4 nitrogen and oxygen atoms in total. The van der Waals surface area contributed by atoms with E-state index in [0.29, 0.717) is 35.3 Å². The van der Waals surface area contributed by atoms with E-state index in [1.54, 1.807) is 26.4 Å². The average molecular weight is 291 g/mol. The van der Waals surface area contributed by atoms with Crippen LogP contribution in [0.5, 0.6) is 11.5 Å². The maximum Gasteiger partial charge on any atom is 0.166 e. The molecule has 2 rings (SSSR count). The van der Waals surface area contributed by atoms with Crippen molar-refractivity contribution < 1.29 is 14.3 Å². The van der Waals surface area contributed by atoms with Crippen molar-refractivity contribution in [3.63, 3.8) is 0 Å². The first-order valence-corrected chi connectivity index (χ1v) is 7.61. The van der Waals surface area contributed by atoms with Crippen LogP contribution in [0.15, 0.2) is 18.2 Å². The Morgan fingerprint density at radius 2 is 2.19 bits per heavy atom. The molecule has 1 aliphatic rings. The van der Waals surface area contributed by atoms with Gasteiger partial charge in [-0.2, -0.15) is 0 Å². The zero-order chi connectivity index (χ0) is 15.2. The van der Waals surface area contributed by atoms with Gasteiger partial charge in [-0.15, -0.1) is 0 Å². The summed E-state index contributed by atoms with van der Waals surface area (Å²) in [5.74, 6) is 2.41. The van der Waals surface area contributed by atoms with Gasteiger partial charge in [0, 0.05) is 12.5 Å². The molecule has 0 bridgehead atoms. The molecule has 0 saturated carbocycles. The number of piperidine rings is 1. The Bertz CT molecular complexity index is 481. The third kappa shape index (κ3) is 3.97. The Kier molecular flexibility index (Phi) is 5.62. The summed E-state index contributed by atoms with van der Waals surface area (Å²) >= 11 is 0. The van der Waals surface area contributed by atoms with Crippen LogP contribution in [0.3, 0.4) is 0 Å². The Morgan fingerprint density at radius 3 is 2.81 bits per heavy atom. The standard InChI is InChI=1S/C17H25NO3/c1-12(13-5-4-8-18-11-13)9-16(19)15-7-6-14(20-2)10-17(15)21-3/h6-7,10,12-13,18H,4-5,8-9,11H2,1-3H3. The zero-order valence-corrected chi connectivity index (χ0v) is 13.1. The van der Waals surface area contributed by atoms with Crippen molar-refractivity contribution in [2.45, 2.75) is 26.2 Å². The number of methoxy groups -OCH3 is 2. The van der Waals surface area contributed by atoms with Gasteiger partial charge in [0.2, 0.25) is 0 Å². The molecule has 0 aliphatic carbocycles. The number of ether oxygens (including phenoxy) is 2. The highest BCUT2D eigenvalue weighted by Gasteiger charge is 2.23. The third-order valence-electron chi connectivity index (χ3n) is 4.36. The number of carbonyl (C=O) groups excluding carboxylic acids is 1. The SMILES string of the molecule is COc1ccc(C(=O)CC(C)C2CCCNC2)c(OC)c1. The number of hydrogen-bond acceptors (Lipinski definition) is 4. The van der Waals surface area contributed by atoms with Crippen LogP contribution in [0.1, 0.15) is 36.5 Å². The van der Waals surface area contributed by atoms with Crippen LogP contribution in [0.25, 0.3) is 0 Å². The van der Waals surface area contributed by atoms with Gasteiger partial charge in [0.15, 0.2) is 5.78 Å². The van der Waals surface area contributed by atoms with Crippen LogP contribution in [0, 0.1) is 11.8 Å². The molecule has 0 aromatic heterocycles. The number of Topliss-reactive ketones (excluding diaryl/α,β-unsaturated/α-hetero) is 1. The van der Waals surface area contributed by atoms with Crippen molar-refractivity contribution >= 4 is 5.78 Å². The van der Waals surface area contributed by atoms with E-state index >= 15 is 0 Å². The second-order valence-electron chi connectivity index (χ2n) is 5.78. The van der Waals surface area contributed by atoms with Gasteiger partial charge in [0.1, 0.15) is 11.5 Å². The normalized spacial score (nSPS) is 19.9. The molecule has 1 N–H and O–H groups in total. The summed E-state index contributed by atoms with van der Waals surface area (Å²) in [6, 6.07) is 5.37. The van der Waals surface area contributed by atoms with Crippen LogP contribution in [-0.4, -0.2) is 33.1 Å². The van der Waals surface area contributed by atoms with E-state index in [-0.39, 0.29) is 5.78 Å². The lowest BCUT2D eigenvalue weighted by molar-refractivity contribution is 0.0940. The predicted molar refractivity (Wildman–Crippen MR) is 83.3 cm³/mol. The predicted octanol–water partition coefficient (Wildman–Crippen LogP) is 2.91. The fraction of sp³-hybridized carbons (Fsp3) is 0.588. The molecular weight excluding hydrogens is 266 g/mol. The van der Waals surface area contributed by atoms with E-state index in [0.717, 1.165) is 13.1 Å². The average Bonchev–Trinajstić information content (AvgIpc) is 2.54. The molecule has 21 heavy (non-hydrogen) atoms. The van der Waals surface area contributed by atoms with Crippen molar-refractivity contribution in [2.75, 3.05) is 27.3 Å². The highest BCUT2D eigenvalue weighted by molar-refractivity contribution is 5.99. The van der Waals surface area contributed by atoms with Crippen LogP contribution in [0.2, 0.25) is 0 Å². The highest BCUT2D eigenvalue weighted by Crippen LogP contribution is 2.29. The molecule has 1 aromatic carbocycles. The lowest BCUT2D eigenvalue weighted by Gasteiger charge is -2.28. The van der Waals surface area contributed by atoms with E-state index in [1.807, 2.05) is 6.07 Å². The first kappa shape index (κ1) is 15.8. The third-order valence-corrected chi connectivity index (χ3v) is 4.36. The van der Waals surface area contributed by atoms with Crippen molar-refractivity contribution in [3.05, 3.63) is 23.8 Å². The smallest absolute Gasteiger partial charge is 0.166 e. The van der Waals surface area contributed by atoms with E-state index in [4.69, 9.17) is 9.47 Å². The quantitative estimate of drug-likeness (QED) is 0.819. The molecule has 1 fully saturated rings. The van der Waals surface area contributed by atoms with E-state index in [2.05, 4.69) is 12.2 Å². The van der Waals surface area contributed by atoms with Crippen LogP contribution in [-0.2, 0) is 0 Å². The molecule has 2 unspecified atom stereocenters. The van der Waals surface area contributed by atoms with Crippen LogP contribution < -0.4 is 14.8 Å². The fourth-order valence-corrected chi connectivity index (χ4v) is 2.96. The summed E-state index contributed by atoms with van der Waals surface area (Å²) in [5, 5.41) is 3.41. The molecule has 1 aliphatic heterocycles. The maximum atomic E-state index is 12.5. The van der Waals surface area contributed by atoms with Gasteiger partial charge in [0.05, 0.1) is 19.8 Å². The molecule has 0 amide bonds. The topological polar surface area (TPSA) is 47.6 Å². The number of nitrogens with one attached hydrogen (secondary N) is 1. The van der Waals surface area contributed by atoms with Crippen molar-refractivity contribution in [3.8, 4) is 11.5 Å². The maximum absolute atomic E-state index is 12.5. The molecule has 1 saturated heterocycles. The lowest BCUT2D eigenvalue weighted by Crippen LogP contribution is -2.34. The van der Waals surface area contributed by atoms with Gasteiger partial charge in [0.25, 0.3) is 0 Å². The summed E-state index contributed by atoms with van der Waals surface area (Å²) in [6.07, 6.45) is 2.98. The van der Waals surface area contributed by atoms with Gasteiger partial charge in [-0.25, -0.2) is 0 Å². The van der Waals surface area contributed by atoms with E-state index < -0.39 is 0 Å². The first-order valence-electron chi connectivity index (χ1n) is 7.61. The molecule has 4 heteroatoms. The van der Waals surface area contributed by atoms with E-state index in [9.17, 15) is 4.79 Å². The highest BCUT2D eigenvalue weighted by atomic mass is 16.5. The second kappa shape index (κ2) is 7.46. The Hall–Kier alpha value is -1.55. The molecule has 2 atom stereocenters. The molecule has 1 aromatic rings. The summed E-state index contributed by atoms with van der Waals surface area (Å²) in [5.41, 5.74) is 0.647. The van der Waals surface area contributed by atoms with Crippen LogP contribution >= 0.6 is 0 Å². The summed E-state index contributed by atoms with van der Waals surface area (Å²) in [4.78, 5) is 12.5. The van der Waals surface area contributed by atoms with Crippen molar-refractivity contribution in [1.82, 2.24) is 5.32 Å². The van der Waals surface area contributed by atoms with Gasteiger partial charge >= 0.3 is 0 Å². The minimum absolute atomic E-state index is 0.146. The summed E-state index contributed by atoms with van der Waals surface area (Å²) < 4.78 is 10.5. The monoisotopic (exact) mass is 291 g/mol. The van der Waals surface area contributed by atoms with E-state index in [1.165, 1.54) is 12.8 Å². The number of rotatable bonds is 6. The molecule has 0 radical (unpaired) electrons. The van der Waals surface area contributed by atoms with Gasteiger partial charge in [-0.3, -0.25) is 4.79 Å². The zero-order valence-electron chi connectivity index (χ0n) is 13.1. The molecule has 116 valence electrons. The number of hydrogen-bond donors (Lipinski definition) is 1. The molecular formula is C17H25NO3. The number of ketones is 1. The Morgan fingerprint density at radius 1 is 1.38 bits per heavy atom. The Labute approximate surface area is 126 Å². The van der Waals surface area contributed by atoms with Gasteiger partial charge in [-0.1, -0.05) is 6.92 Å². The van der Waals surface area contributed by atoms with Gasteiger partial charge < -0.3 is 14.8 Å². The fourth-order valence-electron chi connectivity index (χ4n) is 2.96. The number of benzene rings is 1. The molecule has 0 spiro atoms. The lowest BCUT2D eigenvalue weighted by atomic mass is 9.83. The first-order chi connectivity index (χ1) is 10.2. The second-order valence-corrected chi connectivity index (χ2v) is 5.78. The van der Waals surface area contributed by atoms with Crippen molar-refractivity contribution in [2.24, 2.45) is 11.8 Å². The van der Waals surface area contributed by atoms with Crippen LogP contribution in [0.4, 0.5) is 0 Å². The summed E-state index contributed by atoms with van der Waals surface area (Å²) in [6.45, 7) is 4.29. The minimum Gasteiger partial charge on any atom is -0.497 e. The minimum atomic E-state index is 0.146. The van der Waals surface area contributed by atoms with Crippen molar-refractivity contribution in [1.29, 1.82) is 0 Å². The Balaban J connectivity index is 2.05. The number of carbonyl (C=O) groups is 1.